The van der Waals surface area contributed by atoms with Crippen LogP contribution in [0.4, 0.5) is 0 Å². The zero-order valence-corrected chi connectivity index (χ0v) is 19.1. The van der Waals surface area contributed by atoms with Gasteiger partial charge in [-0.2, -0.15) is 0 Å². The van der Waals surface area contributed by atoms with Crippen LogP contribution >= 0.6 is 22.9 Å². The van der Waals surface area contributed by atoms with Gasteiger partial charge in [-0.1, -0.05) is 11.6 Å². The molecule has 0 aliphatic heterocycles. The number of amides is 1. The van der Waals surface area contributed by atoms with E-state index in [0.29, 0.717) is 39.1 Å². The van der Waals surface area contributed by atoms with Gasteiger partial charge in [-0.05, 0) is 62.1 Å². The van der Waals surface area contributed by atoms with E-state index in [-0.39, 0.29) is 10.8 Å². The quantitative estimate of drug-likeness (QED) is 0.525. The van der Waals surface area contributed by atoms with Gasteiger partial charge in [0, 0.05) is 16.9 Å². The minimum Gasteiger partial charge on any atom is -0.493 e. The van der Waals surface area contributed by atoms with Crippen LogP contribution in [0.5, 0.6) is 11.5 Å². The molecule has 0 bridgehead atoms. The Kier molecular flexibility index (Phi) is 6.29. The van der Waals surface area contributed by atoms with Crippen molar-refractivity contribution in [2.45, 2.75) is 51.1 Å². The number of nitrogens with zero attached hydrogens (tertiary/aromatic N) is 1. The van der Waals surface area contributed by atoms with E-state index in [9.17, 15) is 14.9 Å². The van der Waals surface area contributed by atoms with Crippen LogP contribution in [0.3, 0.4) is 0 Å². The fourth-order valence-corrected chi connectivity index (χ4v) is 5.08. The highest BCUT2D eigenvalue weighted by atomic mass is 35.5. The number of thiophene rings is 1. The number of nitro groups is 1. The molecule has 1 N–H and O–H groups in total. The summed E-state index contributed by atoms with van der Waals surface area (Å²) in [5, 5.41) is 14.9. The van der Waals surface area contributed by atoms with E-state index in [1.54, 1.807) is 19.2 Å². The first-order valence-corrected chi connectivity index (χ1v) is 10.7. The van der Waals surface area contributed by atoms with Crippen LogP contribution in [0.25, 0.3) is 0 Å². The number of fused-ring (bicyclic) bond motifs is 1. The molecule has 1 aromatic carbocycles. The van der Waals surface area contributed by atoms with Crippen LogP contribution in [0, 0.1) is 10.1 Å². The van der Waals surface area contributed by atoms with Crippen molar-refractivity contribution in [2.75, 3.05) is 14.2 Å². The van der Waals surface area contributed by atoms with Crippen LogP contribution in [-0.2, 0) is 6.42 Å². The standard InChI is InChI=1S/C21H25ClN2O5S/c1-21(2,3)23-20(25)19-13(10-17(22)30-19)18-12-9-16(29-5)15(28-4)8-11(12)6-7-14(18)24(26)27/h8-10,14,18H,6-7H2,1-5H3,(H,23,25)/t14-,18+/m0/s1. The fraction of sp³-hybridized carbons (Fsp3) is 0.476. The molecule has 7 nitrogen and oxygen atoms in total. The molecule has 9 heteroatoms. The van der Waals surface area contributed by atoms with Crippen LogP contribution in [0.15, 0.2) is 18.2 Å². The minimum absolute atomic E-state index is 0.263. The molecule has 0 fully saturated rings. The normalized spacial score (nSPS) is 18.5. The Morgan fingerprint density at radius 3 is 2.40 bits per heavy atom. The largest absolute Gasteiger partial charge is 0.493 e. The average Bonchev–Trinajstić information content (AvgIpc) is 3.05. The number of carbonyl (C=O) groups excluding carboxylic acids is 1. The first-order valence-electron chi connectivity index (χ1n) is 9.55. The lowest BCUT2D eigenvalue weighted by atomic mass is 9.75. The molecule has 1 aliphatic rings. The van der Waals surface area contributed by atoms with E-state index in [2.05, 4.69) is 5.32 Å². The molecule has 0 saturated carbocycles. The van der Waals surface area contributed by atoms with Crippen LogP contribution in [-0.4, -0.2) is 36.6 Å². The van der Waals surface area contributed by atoms with Crippen molar-refractivity contribution >= 4 is 28.8 Å². The molecule has 2 atom stereocenters. The number of benzene rings is 1. The lowest BCUT2D eigenvalue weighted by Gasteiger charge is -2.30. The topological polar surface area (TPSA) is 90.7 Å². The molecule has 0 radical (unpaired) electrons. The van der Waals surface area contributed by atoms with Gasteiger partial charge in [-0.25, -0.2) is 0 Å². The summed E-state index contributed by atoms with van der Waals surface area (Å²) in [6.45, 7) is 5.64. The summed E-state index contributed by atoms with van der Waals surface area (Å²) in [5.74, 6) is 0.160. The summed E-state index contributed by atoms with van der Waals surface area (Å²) in [7, 11) is 3.08. The average molecular weight is 453 g/mol. The Hall–Kier alpha value is -2.32. The molecule has 30 heavy (non-hydrogen) atoms. The first-order chi connectivity index (χ1) is 14.1. The molecule has 0 unspecified atom stereocenters. The third kappa shape index (κ3) is 4.39. The van der Waals surface area contributed by atoms with Crippen LogP contribution < -0.4 is 14.8 Å². The number of carbonyl (C=O) groups is 1. The van der Waals surface area contributed by atoms with Crippen molar-refractivity contribution in [1.82, 2.24) is 5.32 Å². The van der Waals surface area contributed by atoms with Gasteiger partial charge in [0.05, 0.1) is 29.4 Å². The maximum absolute atomic E-state index is 13.0. The predicted molar refractivity (Wildman–Crippen MR) is 117 cm³/mol. The second-order valence-corrected chi connectivity index (χ2v) is 10.00. The summed E-state index contributed by atoms with van der Waals surface area (Å²) in [4.78, 5) is 25.1. The second-order valence-electron chi connectivity index (χ2n) is 8.31. The van der Waals surface area contributed by atoms with Crippen molar-refractivity contribution in [3.63, 3.8) is 0 Å². The Morgan fingerprint density at radius 2 is 1.83 bits per heavy atom. The molecule has 0 spiro atoms. The van der Waals surface area contributed by atoms with Gasteiger partial charge < -0.3 is 14.8 Å². The number of rotatable bonds is 5. The number of nitrogens with one attached hydrogen (secondary N) is 1. The summed E-state index contributed by atoms with van der Waals surface area (Å²) in [6.07, 6.45) is 0.896. The number of hydrogen-bond acceptors (Lipinski definition) is 6. The first kappa shape index (κ1) is 22.4. The predicted octanol–water partition coefficient (Wildman–Crippen LogP) is 4.67. The van der Waals surface area contributed by atoms with Crippen LogP contribution in [0.2, 0.25) is 4.34 Å². The maximum Gasteiger partial charge on any atom is 0.262 e. The van der Waals surface area contributed by atoms with Crippen LogP contribution in [0.1, 0.15) is 59.5 Å². The Bertz CT molecular complexity index is 983. The monoisotopic (exact) mass is 452 g/mol. The number of hydrogen-bond donors (Lipinski definition) is 1. The molecule has 3 rings (SSSR count). The Morgan fingerprint density at radius 1 is 1.20 bits per heavy atom. The molecular formula is C21H25ClN2O5S. The summed E-state index contributed by atoms with van der Waals surface area (Å²) in [5.41, 5.74) is 1.83. The zero-order chi connectivity index (χ0) is 22.2. The number of methoxy groups -OCH3 is 2. The third-order valence-corrected chi connectivity index (χ3v) is 6.38. The van der Waals surface area contributed by atoms with E-state index in [1.165, 1.54) is 7.11 Å². The smallest absolute Gasteiger partial charge is 0.262 e. The van der Waals surface area contributed by atoms with Crippen molar-refractivity contribution in [2.24, 2.45) is 0 Å². The van der Waals surface area contributed by atoms with Gasteiger partial charge in [-0.3, -0.25) is 14.9 Å². The summed E-state index contributed by atoms with van der Waals surface area (Å²) in [6, 6.07) is 4.45. The fourth-order valence-electron chi connectivity index (χ4n) is 3.90. The van der Waals surface area contributed by atoms with Gasteiger partial charge >= 0.3 is 0 Å². The molecule has 1 heterocycles. The maximum atomic E-state index is 13.0. The van der Waals surface area contributed by atoms with E-state index < -0.39 is 17.5 Å². The Labute approximate surface area is 184 Å². The van der Waals surface area contributed by atoms with Gasteiger partial charge in [0.25, 0.3) is 5.91 Å². The zero-order valence-electron chi connectivity index (χ0n) is 17.6. The lowest BCUT2D eigenvalue weighted by molar-refractivity contribution is -0.526. The van der Waals surface area contributed by atoms with E-state index in [1.807, 2.05) is 26.8 Å². The summed E-state index contributed by atoms with van der Waals surface area (Å²) < 4.78 is 11.2. The van der Waals surface area contributed by atoms with E-state index in [4.69, 9.17) is 21.1 Å². The molecule has 1 aromatic heterocycles. The van der Waals surface area contributed by atoms with Gasteiger partial charge in [0.2, 0.25) is 6.04 Å². The molecule has 1 aliphatic carbocycles. The molecule has 162 valence electrons. The number of halogens is 1. The van der Waals surface area contributed by atoms with Crippen molar-refractivity contribution in [3.05, 3.63) is 54.2 Å². The minimum atomic E-state index is -0.873. The van der Waals surface area contributed by atoms with Gasteiger partial charge in [0.15, 0.2) is 11.5 Å². The molecule has 0 saturated heterocycles. The highest BCUT2D eigenvalue weighted by molar-refractivity contribution is 7.18. The summed E-state index contributed by atoms with van der Waals surface area (Å²) >= 11 is 7.42. The van der Waals surface area contributed by atoms with E-state index in [0.717, 1.165) is 22.5 Å². The highest BCUT2D eigenvalue weighted by Gasteiger charge is 2.42. The Balaban J connectivity index is 2.19. The molecule has 2 aromatic rings. The number of aryl methyl sites for hydroxylation is 1. The highest BCUT2D eigenvalue weighted by Crippen LogP contribution is 2.46. The van der Waals surface area contributed by atoms with Gasteiger partial charge in [0.1, 0.15) is 0 Å². The second kappa shape index (κ2) is 8.43. The van der Waals surface area contributed by atoms with Crippen molar-refractivity contribution in [3.8, 4) is 11.5 Å². The number of ether oxygens (including phenoxy) is 2. The van der Waals surface area contributed by atoms with Gasteiger partial charge in [-0.15, -0.1) is 11.3 Å². The third-order valence-electron chi connectivity index (χ3n) is 5.11. The lowest BCUT2D eigenvalue weighted by Crippen LogP contribution is -2.41. The molecule has 1 amide bonds. The van der Waals surface area contributed by atoms with Crippen molar-refractivity contribution < 1.29 is 19.2 Å². The van der Waals surface area contributed by atoms with E-state index >= 15 is 0 Å². The molecular weight excluding hydrogens is 428 g/mol. The van der Waals surface area contributed by atoms with Crippen molar-refractivity contribution in [1.29, 1.82) is 0 Å². The SMILES string of the molecule is COc1cc2c(cc1OC)[C@H](c1cc(Cl)sc1C(=O)NC(C)(C)C)[C@@H]([N+](=O)[O-])CC2.